The molecule has 25 heavy (non-hydrogen) atoms. The van der Waals surface area contributed by atoms with Crippen molar-refractivity contribution in [1.82, 2.24) is 0 Å². The Bertz CT molecular complexity index is 904. The molecule has 1 heterocycles. The second kappa shape index (κ2) is 5.84. The van der Waals surface area contributed by atoms with E-state index in [9.17, 15) is 14.9 Å². The van der Waals surface area contributed by atoms with E-state index in [-0.39, 0.29) is 34.3 Å². The van der Waals surface area contributed by atoms with Gasteiger partial charge in [-0.1, -0.05) is 30.4 Å². The van der Waals surface area contributed by atoms with Gasteiger partial charge >= 0.3 is 0 Å². The molecule has 1 N–H and O–H groups in total. The number of hydrogen-bond donors (Lipinski definition) is 1. The minimum absolute atomic E-state index is 0.0437. The van der Waals surface area contributed by atoms with Crippen LogP contribution in [0, 0.1) is 16.0 Å². The Hall–Kier alpha value is -2.95. The summed E-state index contributed by atoms with van der Waals surface area (Å²) in [4.78, 5) is 22.8. The number of carbonyl (C=O) groups is 1. The molecule has 3 atom stereocenters. The van der Waals surface area contributed by atoms with Crippen molar-refractivity contribution in [1.29, 1.82) is 0 Å². The molecule has 0 radical (unpaired) electrons. The largest absolute Gasteiger partial charge is 0.377 e. The number of ketones is 1. The van der Waals surface area contributed by atoms with E-state index in [2.05, 4.69) is 17.5 Å². The van der Waals surface area contributed by atoms with Gasteiger partial charge in [0.1, 0.15) is 0 Å². The van der Waals surface area contributed by atoms with Crippen LogP contribution in [0.2, 0.25) is 0 Å². The SMILES string of the molecule is CC(=O)c1ccc2c(c1)[C@H]1C=CC[C@@H]1[C@H](c1ccccc1[N+](=O)[O-])N2. The fraction of sp³-hybridized carbons (Fsp3) is 0.250. The molecule has 0 unspecified atom stereocenters. The monoisotopic (exact) mass is 334 g/mol. The summed E-state index contributed by atoms with van der Waals surface area (Å²) in [5, 5.41) is 14.9. The van der Waals surface area contributed by atoms with Crippen LogP contribution in [-0.4, -0.2) is 10.7 Å². The van der Waals surface area contributed by atoms with Gasteiger partial charge in [-0.15, -0.1) is 0 Å². The molecule has 0 saturated carbocycles. The molecule has 0 fully saturated rings. The molecule has 126 valence electrons. The molecule has 5 heteroatoms. The van der Waals surface area contributed by atoms with Gasteiger partial charge in [-0.3, -0.25) is 14.9 Å². The number of benzene rings is 2. The van der Waals surface area contributed by atoms with Crippen LogP contribution < -0.4 is 5.32 Å². The fourth-order valence-electron chi connectivity index (χ4n) is 4.04. The maximum Gasteiger partial charge on any atom is 0.274 e. The van der Waals surface area contributed by atoms with Crippen LogP contribution in [0.5, 0.6) is 0 Å². The molecule has 0 spiro atoms. The fourth-order valence-corrected chi connectivity index (χ4v) is 4.04. The number of nitro benzene ring substituents is 1. The number of anilines is 1. The lowest BCUT2D eigenvalue weighted by Gasteiger charge is -2.37. The van der Waals surface area contributed by atoms with Crippen LogP contribution in [0.25, 0.3) is 0 Å². The van der Waals surface area contributed by atoms with Crippen LogP contribution in [0.15, 0.2) is 54.6 Å². The van der Waals surface area contributed by atoms with Crippen LogP contribution in [0.1, 0.15) is 46.8 Å². The number of rotatable bonds is 3. The van der Waals surface area contributed by atoms with Gasteiger partial charge in [0.15, 0.2) is 5.78 Å². The van der Waals surface area contributed by atoms with E-state index >= 15 is 0 Å². The lowest BCUT2D eigenvalue weighted by molar-refractivity contribution is -0.385. The molecule has 2 aliphatic rings. The Labute approximate surface area is 145 Å². The van der Waals surface area contributed by atoms with E-state index < -0.39 is 0 Å². The van der Waals surface area contributed by atoms with Crippen LogP contribution in [0.3, 0.4) is 0 Å². The van der Waals surface area contributed by atoms with Crippen LogP contribution in [0.4, 0.5) is 11.4 Å². The molecule has 5 nitrogen and oxygen atoms in total. The van der Waals surface area contributed by atoms with Crippen LogP contribution >= 0.6 is 0 Å². The summed E-state index contributed by atoms with van der Waals surface area (Å²) in [6, 6.07) is 12.5. The smallest absolute Gasteiger partial charge is 0.274 e. The number of para-hydroxylation sites is 1. The minimum atomic E-state index is -0.317. The first-order valence-electron chi connectivity index (χ1n) is 8.37. The van der Waals surface area contributed by atoms with Crippen molar-refractivity contribution in [3.8, 4) is 0 Å². The summed E-state index contributed by atoms with van der Waals surface area (Å²) in [5.41, 5.74) is 3.60. The molecule has 2 aromatic rings. The molecular formula is C20H18N2O3. The third-order valence-electron chi connectivity index (χ3n) is 5.24. The second-order valence-electron chi connectivity index (χ2n) is 6.65. The van der Waals surface area contributed by atoms with Gasteiger partial charge in [-0.05, 0) is 43.0 Å². The molecule has 4 rings (SSSR count). The summed E-state index contributed by atoms with van der Waals surface area (Å²) < 4.78 is 0. The van der Waals surface area contributed by atoms with Gasteiger partial charge in [0, 0.05) is 23.2 Å². The number of nitrogens with one attached hydrogen (secondary N) is 1. The maximum atomic E-state index is 11.7. The van der Waals surface area contributed by atoms with Crippen molar-refractivity contribution in [2.45, 2.75) is 25.3 Å². The molecule has 1 aliphatic heterocycles. The summed E-state index contributed by atoms with van der Waals surface area (Å²) in [7, 11) is 0. The molecular weight excluding hydrogens is 316 g/mol. The number of carbonyl (C=O) groups excluding carboxylic acids is 1. The Morgan fingerprint density at radius 1 is 1.20 bits per heavy atom. The predicted octanol–water partition coefficient (Wildman–Crippen LogP) is 4.62. The van der Waals surface area contributed by atoms with Crippen molar-refractivity contribution in [3.05, 3.63) is 81.4 Å². The van der Waals surface area contributed by atoms with Crippen molar-refractivity contribution < 1.29 is 9.72 Å². The highest BCUT2D eigenvalue weighted by atomic mass is 16.6. The Kier molecular flexibility index (Phi) is 3.64. The first-order chi connectivity index (χ1) is 12.1. The van der Waals surface area contributed by atoms with Crippen molar-refractivity contribution in [3.63, 3.8) is 0 Å². The molecule has 2 aromatic carbocycles. The number of allylic oxidation sites excluding steroid dienone is 2. The van der Waals surface area contributed by atoms with Gasteiger partial charge < -0.3 is 5.32 Å². The quantitative estimate of drug-likeness (QED) is 0.385. The highest BCUT2D eigenvalue weighted by Crippen LogP contribution is 2.51. The van der Waals surface area contributed by atoms with Gasteiger partial charge in [-0.2, -0.15) is 0 Å². The lowest BCUT2D eigenvalue weighted by Crippen LogP contribution is -2.29. The van der Waals surface area contributed by atoms with Crippen molar-refractivity contribution >= 4 is 17.2 Å². The van der Waals surface area contributed by atoms with Crippen molar-refractivity contribution in [2.75, 3.05) is 5.32 Å². The number of fused-ring (bicyclic) bond motifs is 3. The van der Waals surface area contributed by atoms with E-state index in [1.807, 2.05) is 30.3 Å². The topological polar surface area (TPSA) is 72.2 Å². The van der Waals surface area contributed by atoms with Gasteiger partial charge in [0.25, 0.3) is 5.69 Å². The third kappa shape index (κ3) is 2.52. The first-order valence-corrected chi connectivity index (χ1v) is 8.37. The highest BCUT2D eigenvalue weighted by Gasteiger charge is 2.40. The normalized spacial score (nSPS) is 23.5. The number of nitrogens with zero attached hydrogens (tertiary/aromatic N) is 1. The van der Waals surface area contributed by atoms with E-state index in [1.165, 1.54) is 0 Å². The number of Topliss-reactive ketones (excluding diaryl/α,β-unsaturated/α-hetero) is 1. The average molecular weight is 334 g/mol. The molecule has 0 saturated heterocycles. The predicted molar refractivity (Wildman–Crippen MR) is 95.9 cm³/mol. The van der Waals surface area contributed by atoms with E-state index in [1.54, 1.807) is 19.1 Å². The summed E-state index contributed by atoms with van der Waals surface area (Å²) in [6.45, 7) is 1.57. The van der Waals surface area contributed by atoms with E-state index in [0.717, 1.165) is 17.7 Å². The third-order valence-corrected chi connectivity index (χ3v) is 5.24. The lowest BCUT2D eigenvalue weighted by atomic mass is 9.76. The summed E-state index contributed by atoms with van der Waals surface area (Å²) in [5.74, 6) is 0.415. The highest BCUT2D eigenvalue weighted by molar-refractivity contribution is 5.95. The zero-order chi connectivity index (χ0) is 17.6. The number of nitro groups is 1. The Morgan fingerprint density at radius 3 is 2.76 bits per heavy atom. The van der Waals surface area contributed by atoms with Crippen LogP contribution in [-0.2, 0) is 0 Å². The van der Waals surface area contributed by atoms with E-state index in [0.29, 0.717) is 11.1 Å². The van der Waals surface area contributed by atoms with Gasteiger partial charge in [0.2, 0.25) is 0 Å². The van der Waals surface area contributed by atoms with Gasteiger partial charge in [0.05, 0.1) is 16.5 Å². The zero-order valence-electron chi connectivity index (χ0n) is 13.8. The maximum absolute atomic E-state index is 11.7. The first kappa shape index (κ1) is 15.6. The van der Waals surface area contributed by atoms with E-state index in [4.69, 9.17) is 0 Å². The zero-order valence-corrected chi connectivity index (χ0v) is 13.8. The summed E-state index contributed by atoms with van der Waals surface area (Å²) in [6.07, 6.45) is 5.16. The number of hydrogen-bond acceptors (Lipinski definition) is 4. The second-order valence-corrected chi connectivity index (χ2v) is 6.65. The van der Waals surface area contributed by atoms with Crippen molar-refractivity contribution in [2.24, 2.45) is 5.92 Å². The minimum Gasteiger partial charge on any atom is -0.377 e. The molecule has 0 bridgehead atoms. The average Bonchev–Trinajstić information content (AvgIpc) is 3.10. The Balaban J connectivity index is 1.81. The molecule has 0 aromatic heterocycles. The molecule has 1 aliphatic carbocycles. The molecule has 0 amide bonds. The Morgan fingerprint density at radius 2 is 2.00 bits per heavy atom. The van der Waals surface area contributed by atoms with Gasteiger partial charge in [-0.25, -0.2) is 0 Å². The summed E-state index contributed by atoms with van der Waals surface area (Å²) >= 11 is 0. The standard InChI is InChI=1S/C20H18N2O3/c1-12(23)13-9-10-18-17(11-13)14-6-4-7-15(14)20(21-18)16-5-2-3-8-19(16)22(24)25/h2-6,8-11,14-15,20-21H,7H2,1H3/t14-,15-,20+/m0/s1.